The first-order valence-corrected chi connectivity index (χ1v) is 6.20. The highest BCUT2D eigenvalue weighted by Crippen LogP contribution is 2.22. The largest absolute Gasteiger partial charge is 0.350 e. The summed E-state index contributed by atoms with van der Waals surface area (Å²) >= 11 is 0. The van der Waals surface area contributed by atoms with Gasteiger partial charge in [0.15, 0.2) is 0 Å². The summed E-state index contributed by atoms with van der Waals surface area (Å²) in [5.74, 6) is 0.0512. The van der Waals surface area contributed by atoms with Crippen LogP contribution in [0.15, 0.2) is 24.4 Å². The Morgan fingerprint density at radius 1 is 1.41 bits per heavy atom. The predicted octanol–water partition coefficient (Wildman–Crippen LogP) is 1.22. The maximum absolute atomic E-state index is 12.0. The van der Waals surface area contributed by atoms with Crippen molar-refractivity contribution in [3.05, 3.63) is 30.1 Å². The monoisotopic (exact) mass is 233 g/mol. The summed E-state index contributed by atoms with van der Waals surface area (Å²) in [6, 6.07) is 5.71. The van der Waals surface area contributed by atoms with E-state index in [-0.39, 0.29) is 17.9 Å². The molecule has 1 heterocycles. The maximum Gasteiger partial charge on any atom is 0.224 e. The Morgan fingerprint density at radius 3 is 2.94 bits per heavy atom. The molecule has 17 heavy (non-hydrogen) atoms. The second-order valence-corrected chi connectivity index (χ2v) is 4.59. The van der Waals surface area contributed by atoms with Crippen LogP contribution in [0.4, 0.5) is 0 Å². The molecule has 1 fully saturated rings. The molecule has 0 aliphatic heterocycles. The summed E-state index contributed by atoms with van der Waals surface area (Å²) in [6.45, 7) is 0.489. The van der Waals surface area contributed by atoms with Crippen LogP contribution < -0.4 is 11.1 Å². The summed E-state index contributed by atoms with van der Waals surface area (Å²) in [5, 5.41) is 2.92. The SMILES string of the molecule is N[C@H]1CCCC[C@H]1C(=O)NCc1ccccn1. The molecular weight excluding hydrogens is 214 g/mol. The van der Waals surface area contributed by atoms with E-state index >= 15 is 0 Å². The van der Waals surface area contributed by atoms with Crippen LogP contribution in [-0.2, 0) is 11.3 Å². The average molecular weight is 233 g/mol. The number of carbonyl (C=O) groups excluding carboxylic acids is 1. The number of nitrogens with one attached hydrogen (secondary N) is 1. The Labute approximate surface area is 102 Å². The van der Waals surface area contributed by atoms with Crippen LogP contribution in [-0.4, -0.2) is 16.9 Å². The van der Waals surface area contributed by atoms with Crippen molar-refractivity contribution in [3.8, 4) is 0 Å². The molecule has 0 aromatic carbocycles. The number of nitrogens with two attached hydrogens (primary N) is 1. The molecule has 92 valence electrons. The van der Waals surface area contributed by atoms with Gasteiger partial charge in [-0.15, -0.1) is 0 Å². The number of hydrogen-bond donors (Lipinski definition) is 2. The lowest BCUT2D eigenvalue weighted by molar-refractivity contribution is -0.126. The van der Waals surface area contributed by atoms with E-state index in [9.17, 15) is 4.79 Å². The van der Waals surface area contributed by atoms with Crippen LogP contribution in [0.2, 0.25) is 0 Å². The van der Waals surface area contributed by atoms with Gasteiger partial charge < -0.3 is 11.1 Å². The molecule has 2 atom stereocenters. The van der Waals surface area contributed by atoms with Crippen LogP contribution in [0, 0.1) is 5.92 Å². The van der Waals surface area contributed by atoms with Gasteiger partial charge in [0.1, 0.15) is 0 Å². The van der Waals surface area contributed by atoms with Crippen molar-refractivity contribution in [3.63, 3.8) is 0 Å². The molecular formula is C13H19N3O. The summed E-state index contributed by atoms with van der Waals surface area (Å²) < 4.78 is 0. The molecule has 0 radical (unpaired) electrons. The second-order valence-electron chi connectivity index (χ2n) is 4.59. The molecule has 4 nitrogen and oxygen atoms in total. The lowest BCUT2D eigenvalue weighted by Gasteiger charge is -2.27. The molecule has 0 unspecified atom stereocenters. The van der Waals surface area contributed by atoms with Crippen molar-refractivity contribution in [1.29, 1.82) is 0 Å². The number of hydrogen-bond acceptors (Lipinski definition) is 3. The third-order valence-electron chi connectivity index (χ3n) is 3.33. The van der Waals surface area contributed by atoms with E-state index in [1.54, 1.807) is 6.20 Å². The third kappa shape index (κ3) is 3.27. The highest BCUT2D eigenvalue weighted by Gasteiger charge is 2.27. The first-order chi connectivity index (χ1) is 8.27. The van der Waals surface area contributed by atoms with E-state index in [2.05, 4.69) is 10.3 Å². The van der Waals surface area contributed by atoms with E-state index < -0.39 is 0 Å². The summed E-state index contributed by atoms with van der Waals surface area (Å²) in [6.07, 6.45) is 5.85. The molecule has 1 saturated carbocycles. The number of carbonyl (C=O) groups is 1. The minimum absolute atomic E-state index is 0.0208. The van der Waals surface area contributed by atoms with Gasteiger partial charge in [-0.25, -0.2) is 0 Å². The highest BCUT2D eigenvalue weighted by molar-refractivity contribution is 5.79. The van der Waals surface area contributed by atoms with Crippen LogP contribution in [0.25, 0.3) is 0 Å². The van der Waals surface area contributed by atoms with Crippen LogP contribution >= 0.6 is 0 Å². The van der Waals surface area contributed by atoms with E-state index in [0.717, 1.165) is 31.4 Å². The molecule has 1 aromatic rings. The van der Waals surface area contributed by atoms with Crippen molar-refractivity contribution in [2.24, 2.45) is 11.7 Å². The Hall–Kier alpha value is -1.42. The predicted molar refractivity (Wildman–Crippen MR) is 66.0 cm³/mol. The number of amides is 1. The average Bonchev–Trinajstić information content (AvgIpc) is 2.38. The van der Waals surface area contributed by atoms with Gasteiger partial charge in [-0.3, -0.25) is 9.78 Å². The lowest BCUT2D eigenvalue weighted by atomic mass is 9.84. The standard InChI is InChI=1S/C13H19N3O/c14-12-7-2-1-6-11(12)13(17)16-9-10-5-3-4-8-15-10/h3-5,8,11-12H,1-2,6-7,9,14H2,(H,16,17)/t11-,12+/m1/s1. The van der Waals surface area contributed by atoms with Gasteiger partial charge in [0.2, 0.25) is 5.91 Å². The van der Waals surface area contributed by atoms with Gasteiger partial charge in [-0.1, -0.05) is 18.9 Å². The van der Waals surface area contributed by atoms with Gasteiger partial charge in [0.25, 0.3) is 0 Å². The summed E-state index contributed by atoms with van der Waals surface area (Å²) in [7, 11) is 0. The first kappa shape index (κ1) is 12.0. The molecule has 4 heteroatoms. The highest BCUT2D eigenvalue weighted by atomic mass is 16.1. The summed E-state index contributed by atoms with van der Waals surface area (Å²) in [5.41, 5.74) is 6.85. The van der Waals surface area contributed by atoms with Crippen molar-refractivity contribution in [2.75, 3.05) is 0 Å². The van der Waals surface area contributed by atoms with Gasteiger partial charge in [-0.05, 0) is 25.0 Å². The molecule has 0 saturated heterocycles. The maximum atomic E-state index is 12.0. The zero-order valence-electron chi connectivity index (χ0n) is 9.93. The molecule has 3 N–H and O–H groups in total. The molecule has 1 aromatic heterocycles. The van der Waals surface area contributed by atoms with Gasteiger partial charge in [0.05, 0.1) is 18.2 Å². The van der Waals surface area contributed by atoms with Crippen molar-refractivity contribution in [2.45, 2.75) is 38.3 Å². The Kier molecular flexibility index (Phi) is 4.09. The number of pyridine rings is 1. The zero-order valence-corrected chi connectivity index (χ0v) is 9.93. The minimum atomic E-state index is -0.0209. The Balaban J connectivity index is 1.84. The fourth-order valence-electron chi connectivity index (χ4n) is 2.30. The molecule has 2 rings (SSSR count). The zero-order chi connectivity index (χ0) is 12.1. The second kappa shape index (κ2) is 5.77. The van der Waals surface area contributed by atoms with E-state index in [0.29, 0.717) is 6.54 Å². The van der Waals surface area contributed by atoms with Crippen molar-refractivity contribution in [1.82, 2.24) is 10.3 Å². The third-order valence-corrected chi connectivity index (χ3v) is 3.33. The Bertz CT molecular complexity index is 366. The van der Waals surface area contributed by atoms with Crippen LogP contribution in [0.3, 0.4) is 0 Å². The molecule has 1 amide bonds. The van der Waals surface area contributed by atoms with Gasteiger partial charge >= 0.3 is 0 Å². The van der Waals surface area contributed by atoms with Crippen LogP contribution in [0.5, 0.6) is 0 Å². The van der Waals surface area contributed by atoms with Crippen molar-refractivity contribution >= 4 is 5.91 Å². The quantitative estimate of drug-likeness (QED) is 0.824. The molecule has 1 aliphatic carbocycles. The normalized spacial score (nSPS) is 24.3. The summed E-state index contributed by atoms with van der Waals surface area (Å²) in [4.78, 5) is 16.1. The fraction of sp³-hybridized carbons (Fsp3) is 0.538. The fourth-order valence-corrected chi connectivity index (χ4v) is 2.30. The molecule has 1 aliphatic rings. The van der Waals surface area contributed by atoms with Crippen molar-refractivity contribution < 1.29 is 4.79 Å². The molecule has 0 bridgehead atoms. The van der Waals surface area contributed by atoms with Crippen LogP contribution in [0.1, 0.15) is 31.4 Å². The topological polar surface area (TPSA) is 68.0 Å². The van der Waals surface area contributed by atoms with E-state index in [4.69, 9.17) is 5.73 Å². The van der Waals surface area contributed by atoms with Gasteiger partial charge in [0, 0.05) is 12.2 Å². The van der Waals surface area contributed by atoms with Gasteiger partial charge in [-0.2, -0.15) is 0 Å². The van der Waals surface area contributed by atoms with E-state index in [1.165, 1.54) is 0 Å². The number of aromatic nitrogens is 1. The smallest absolute Gasteiger partial charge is 0.224 e. The number of rotatable bonds is 3. The van der Waals surface area contributed by atoms with E-state index in [1.807, 2.05) is 18.2 Å². The first-order valence-electron chi connectivity index (χ1n) is 6.20. The lowest BCUT2D eigenvalue weighted by Crippen LogP contribution is -2.43. The Morgan fingerprint density at radius 2 is 2.24 bits per heavy atom. The molecule has 0 spiro atoms. The number of nitrogens with zero attached hydrogens (tertiary/aromatic N) is 1. The minimum Gasteiger partial charge on any atom is -0.350 e.